The third kappa shape index (κ3) is 3.41. The molecule has 2 rings (SSSR count). The van der Waals surface area contributed by atoms with Crippen LogP contribution in [0.15, 0.2) is 24.4 Å². The number of benzene rings is 1. The van der Waals surface area contributed by atoms with E-state index < -0.39 is 6.04 Å². The molecule has 0 amide bonds. The number of nitrogens with one attached hydrogen (secondary N) is 1. The molecule has 3 N–H and O–H groups in total. The highest BCUT2D eigenvalue weighted by molar-refractivity contribution is 6.31. The fraction of sp³-hybridized carbons (Fsp3) is 0.357. The lowest BCUT2D eigenvalue weighted by molar-refractivity contribution is 0.182. The van der Waals surface area contributed by atoms with Gasteiger partial charge in [0, 0.05) is 12.7 Å². The van der Waals surface area contributed by atoms with Gasteiger partial charge in [-0.15, -0.1) is 0 Å². The lowest BCUT2D eigenvalue weighted by atomic mass is 10.0. The summed E-state index contributed by atoms with van der Waals surface area (Å²) in [7, 11) is 1.60. The number of hydrogen-bond acceptors (Lipinski definition) is 4. The van der Waals surface area contributed by atoms with Crippen LogP contribution in [0.3, 0.4) is 0 Å². The Morgan fingerprint density at radius 1 is 1.52 bits per heavy atom. The van der Waals surface area contributed by atoms with Crippen LogP contribution < -0.4 is 11.3 Å². The molecule has 0 saturated heterocycles. The van der Waals surface area contributed by atoms with Gasteiger partial charge in [-0.05, 0) is 18.6 Å². The summed E-state index contributed by atoms with van der Waals surface area (Å²) < 4.78 is 20.9. The number of ether oxygens (including phenoxy) is 1. The minimum atomic E-state index is -0.586. The van der Waals surface area contributed by atoms with Gasteiger partial charge in [0.05, 0.1) is 36.1 Å². The summed E-state index contributed by atoms with van der Waals surface area (Å²) in [5, 5.41) is 4.61. The number of aryl methyl sites for hydroxylation is 1. The van der Waals surface area contributed by atoms with Crippen molar-refractivity contribution in [1.29, 1.82) is 0 Å². The first-order chi connectivity index (χ1) is 10.1. The third-order valence-electron chi connectivity index (χ3n) is 3.25. The summed E-state index contributed by atoms with van der Waals surface area (Å²) >= 11 is 6.19. The van der Waals surface area contributed by atoms with Gasteiger partial charge in [0.15, 0.2) is 0 Å². The highest BCUT2D eigenvalue weighted by Crippen LogP contribution is 2.29. The zero-order valence-corrected chi connectivity index (χ0v) is 12.7. The van der Waals surface area contributed by atoms with E-state index in [0.717, 1.165) is 5.56 Å². The normalized spacial score (nSPS) is 12.6. The van der Waals surface area contributed by atoms with Crippen molar-refractivity contribution in [3.63, 3.8) is 0 Å². The SMILES string of the molecule is COCCn1ncc(Cl)c1C(NN)c1ccc(C)cc1F. The average Bonchev–Trinajstić information content (AvgIpc) is 2.81. The van der Waals surface area contributed by atoms with E-state index in [1.165, 1.54) is 12.3 Å². The molecular weight excluding hydrogens is 295 g/mol. The molecule has 1 unspecified atom stereocenters. The number of halogens is 2. The second-order valence-electron chi connectivity index (χ2n) is 4.72. The molecule has 0 spiro atoms. The van der Waals surface area contributed by atoms with E-state index >= 15 is 0 Å². The fourth-order valence-electron chi connectivity index (χ4n) is 2.20. The lowest BCUT2D eigenvalue weighted by Crippen LogP contribution is -2.32. The average molecular weight is 313 g/mol. The molecule has 1 aromatic heterocycles. The number of nitrogens with two attached hydrogens (primary N) is 1. The van der Waals surface area contributed by atoms with Crippen molar-refractivity contribution in [1.82, 2.24) is 15.2 Å². The Bertz CT molecular complexity index is 617. The maximum Gasteiger partial charge on any atom is 0.128 e. The number of rotatable bonds is 6. The minimum Gasteiger partial charge on any atom is -0.383 e. The maximum absolute atomic E-state index is 14.2. The van der Waals surface area contributed by atoms with Crippen molar-refractivity contribution < 1.29 is 9.13 Å². The van der Waals surface area contributed by atoms with Gasteiger partial charge in [0.1, 0.15) is 5.82 Å². The van der Waals surface area contributed by atoms with Crippen LogP contribution in [-0.4, -0.2) is 23.5 Å². The van der Waals surface area contributed by atoms with Crippen molar-refractivity contribution in [2.75, 3.05) is 13.7 Å². The van der Waals surface area contributed by atoms with E-state index in [0.29, 0.717) is 29.4 Å². The second-order valence-corrected chi connectivity index (χ2v) is 5.13. The largest absolute Gasteiger partial charge is 0.383 e. The van der Waals surface area contributed by atoms with Gasteiger partial charge in [-0.2, -0.15) is 5.10 Å². The summed E-state index contributed by atoms with van der Waals surface area (Å²) in [6, 6.07) is 4.40. The Kier molecular flexibility index (Phi) is 5.30. The zero-order valence-electron chi connectivity index (χ0n) is 11.9. The van der Waals surface area contributed by atoms with E-state index in [1.54, 1.807) is 17.9 Å². The second kappa shape index (κ2) is 7.00. The number of aromatic nitrogens is 2. The summed E-state index contributed by atoms with van der Waals surface area (Å²) in [6.07, 6.45) is 1.52. The Hall–Kier alpha value is -1.47. The molecule has 0 aliphatic carbocycles. The van der Waals surface area contributed by atoms with Crippen LogP contribution in [0.25, 0.3) is 0 Å². The smallest absolute Gasteiger partial charge is 0.128 e. The predicted molar refractivity (Wildman–Crippen MR) is 79.4 cm³/mol. The Morgan fingerprint density at radius 2 is 2.29 bits per heavy atom. The summed E-state index contributed by atoms with van der Waals surface area (Å²) in [4.78, 5) is 0. The highest BCUT2D eigenvalue weighted by Gasteiger charge is 2.23. The molecule has 0 saturated carbocycles. The molecule has 7 heteroatoms. The van der Waals surface area contributed by atoms with Crippen molar-refractivity contribution in [2.45, 2.75) is 19.5 Å². The molecular formula is C14H18ClFN4O. The topological polar surface area (TPSA) is 65.1 Å². The molecule has 0 aliphatic heterocycles. The highest BCUT2D eigenvalue weighted by atomic mass is 35.5. The molecule has 1 heterocycles. The number of nitrogens with zero attached hydrogens (tertiary/aromatic N) is 2. The van der Waals surface area contributed by atoms with Gasteiger partial charge >= 0.3 is 0 Å². The molecule has 5 nitrogen and oxygen atoms in total. The van der Waals surface area contributed by atoms with Gasteiger partial charge in [0.25, 0.3) is 0 Å². The predicted octanol–water partition coefficient (Wildman–Crippen LogP) is 2.18. The van der Waals surface area contributed by atoms with Crippen LogP contribution in [0.2, 0.25) is 5.02 Å². The first-order valence-electron chi connectivity index (χ1n) is 6.50. The fourth-order valence-corrected chi connectivity index (χ4v) is 2.45. The Balaban J connectivity index is 2.43. The molecule has 0 bridgehead atoms. The van der Waals surface area contributed by atoms with Gasteiger partial charge < -0.3 is 4.74 Å². The Labute approximate surface area is 127 Å². The number of hydrogen-bond donors (Lipinski definition) is 2. The van der Waals surface area contributed by atoms with Crippen LogP contribution >= 0.6 is 11.6 Å². The standard InChI is InChI=1S/C14H18ClFN4O/c1-9-3-4-10(12(16)7-9)13(19-17)14-11(15)8-18-20(14)5-6-21-2/h3-4,7-8,13,19H,5-6,17H2,1-2H3. The van der Waals surface area contributed by atoms with Crippen LogP contribution in [0, 0.1) is 12.7 Å². The summed E-state index contributed by atoms with van der Waals surface area (Å²) in [6.45, 7) is 2.80. The van der Waals surface area contributed by atoms with Crippen LogP contribution in [0.1, 0.15) is 22.9 Å². The first-order valence-corrected chi connectivity index (χ1v) is 6.88. The zero-order chi connectivity index (χ0) is 15.4. The van der Waals surface area contributed by atoms with Gasteiger partial charge in [0.2, 0.25) is 0 Å². The first kappa shape index (κ1) is 15.9. The minimum absolute atomic E-state index is 0.339. The molecule has 1 atom stereocenters. The monoisotopic (exact) mass is 312 g/mol. The third-order valence-corrected chi connectivity index (χ3v) is 3.54. The van der Waals surface area contributed by atoms with E-state index in [1.807, 2.05) is 13.0 Å². The molecule has 114 valence electrons. The van der Waals surface area contributed by atoms with Crippen molar-refractivity contribution in [3.8, 4) is 0 Å². The van der Waals surface area contributed by atoms with E-state index in [2.05, 4.69) is 10.5 Å². The van der Waals surface area contributed by atoms with Crippen LogP contribution in [-0.2, 0) is 11.3 Å². The summed E-state index contributed by atoms with van der Waals surface area (Å²) in [5.41, 5.74) is 4.48. The van der Waals surface area contributed by atoms with Crippen molar-refractivity contribution >= 4 is 11.6 Å². The van der Waals surface area contributed by atoms with Crippen molar-refractivity contribution in [3.05, 3.63) is 52.1 Å². The number of methoxy groups -OCH3 is 1. The van der Waals surface area contributed by atoms with Crippen molar-refractivity contribution in [2.24, 2.45) is 5.84 Å². The molecule has 2 aromatic rings. The number of hydrazine groups is 1. The molecule has 0 radical (unpaired) electrons. The van der Waals surface area contributed by atoms with E-state index in [9.17, 15) is 4.39 Å². The molecule has 21 heavy (non-hydrogen) atoms. The van der Waals surface area contributed by atoms with Crippen LogP contribution in [0.5, 0.6) is 0 Å². The van der Waals surface area contributed by atoms with Gasteiger partial charge in [-0.1, -0.05) is 23.7 Å². The molecule has 0 fully saturated rings. The Morgan fingerprint density at radius 3 is 2.90 bits per heavy atom. The molecule has 1 aromatic carbocycles. The summed E-state index contributed by atoms with van der Waals surface area (Å²) in [5.74, 6) is 5.28. The van der Waals surface area contributed by atoms with E-state index in [-0.39, 0.29) is 5.82 Å². The van der Waals surface area contributed by atoms with Gasteiger partial charge in [-0.25, -0.2) is 9.82 Å². The maximum atomic E-state index is 14.2. The van der Waals surface area contributed by atoms with Crippen LogP contribution in [0.4, 0.5) is 4.39 Å². The lowest BCUT2D eigenvalue weighted by Gasteiger charge is -2.19. The quantitative estimate of drug-likeness (QED) is 0.634. The van der Waals surface area contributed by atoms with E-state index in [4.69, 9.17) is 22.2 Å². The molecule has 0 aliphatic rings. The van der Waals surface area contributed by atoms with Gasteiger partial charge in [-0.3, -0.25) is 10.5 Å².